The lowest BCUT2D eigenvalue weighted by Crippen LogP contribution is -2.40. The number of hydrogen-bond donors (Lipinski definition) is 1. The van der Waals surface area contributed by atoms with Crippen LogP contribution < -0.4 is 0 Å². The number of sulfonamides is 1. The maximum absolute atomic E-state index is 12.8. The number of nitrogens with zero attached hydrogens (tertiary/aromatic N) is 2. The Morgan fingerprint density at radius 2 is 1.97 bits per heavy atom. The van der Waals surface area contributed by atoms with E-state index in [1.807, 2.05) is 31.2 Å². The molecule has 0 saturated carbocycles. The lowest BCUT2D eigenvalue weighted by molar-refractivity contribution is 0.0730. The topological polar surface area (TPSA) is 92.4 Å². The van der Waals surface area contributed by atoms with Crippen molar-refractivity contribution < 1.29 is 17.9 Å². The van der Waals surface area contributed by atoms with E-state index in [1.54, 1.807) is 12.1 Å². The lowest BCUT2D eigenvalue weighted by Gasteiger charge is -2.25. The van der Waals surface area contributed by atoms with Crippen LogP contribution in [0, 0.1) is 6.92 Å². The minimum Gasteiger partial charge on any atom is -0.379 e. The van der Waals surface area contributed by atoms with Crippen LogP contribution in [0.25, 0.3) is 10.9 Å². The summed E-state index contributed by atoms with van der Waals surface area (Å²) < 4.78 is 31.9. The molecule has 1 aliphatic heterocycles. The third-order valence-corrected chi connectivity index (χ3v) is 7.67. The van der Waals surface area contributed by atoms with Crippen molar-refractivity contribution in [1.29, 1.82) is 0 Å². The van der Waals surface area contributed by atoms with Crippen molar-refractivity contribution in [3.63, 3.8) is 0 Å². The fraction of sp³-hybridized carbons (Fsp3) is 0.300. The van der Waals surface area contributed by atoms with Gasteiger partial charge in [0.2, 0.25) is 10.0 Å². The fourth-order valence-corrected chi connectivity index (χ4v) is 5.46. The molecule has 9 heteroatoms. The molecule has 0 atom stereocenters. The molecule has 1 aromatic carbocycles. The molecule has 1 saturated heterocycles. The van der Waals surface area contributed by atoms with Crippen LogP contribution in [0.5, 0.6) is 0 Å². The molecule has 3 aromatic rings. The van der Waals surface area contributed by atoms with Crippen LogP contribution in [0.3, 0.4) is 0 Å². The summed E-state index contributed by atoms with van der Waals surface area (Å²) in [7, 11) is -3.56. The van der Waals surface area contributed by atoms with Crippen LogP contribution in [-0.2, 0) is 14.8 Å². The summed E-state index contributed by atoms with van der Waals surface area (Å²) in [5.41, 5.74) is 2.48. The molecule has 1 aliphatic rings. The van der Waals surface area contributed by atoms with Gasteiger partial charge in [0, 0.05) is 41.4 Å². The Kier molecular flexibility index (Phi) is 5.73. The van der Waals surface area contributed by atoms with E-state index < -0.39 is 10.0 Å². The number of ether oxygens (including phenoxy) is 1. The number of thioether (sulfide) groups is 1. The van der Waals surface area contributed by atoms with Gasteiger partial charge in [0.1, 0.15) is 4.90 Å². The van der Waals surface area contributed by atoms with Gasteiger partial charge in [0.05, 0.1) is 24.0 Å². The van der Waals surface area contributed by atoms with Gasteiger partial charge in [-0.3, -0.25) is 4.79 Å². The number of pyridine rings is 1. The van der Waals surface area contributed by atoms with Crippen molar-refractivity contribution in [2.75, 3.05) is 32.1 Å². The largest absolute Gasteiger partial charge is 0.379 e. The zero-order valence-corrected chi connectivity index (χ0v) is 17.6. The molecule has 1 N–H and O–H groups in total. The number of fused-ring (bicyclic) bond motifs is 1. The number of aromatic nitrogens is 2. The monoisotopic (exact) mass is 431 g/mol. The van der Waals surface area contributed by atoms with E-state index in [4.69, 9.17) is 4.74 Å². The maximum atomic E-state index is 12.8. The first-order valence-electron chi connectivity index (χ1n) is 9.24. The average Bonchev–Trinajstić information content (AvgIpc) is 3.08. The average molecular weight is 432 g/mol. The number of nitrogens with one attached hydrogen (secondary N) is 1. The van der Waals surface area contributed by atoms with Crippen molar-refractivity contribution in [2.24, 2.45) is 0 Å². The molecule has 2 aromatic heterocycles. The van der Waals surface area contributed by atoms with Crippen molar-refractivity contribution in [2.45, 2.75) is 16.8 Å². The second-order valence-electron chi connectivity index (χ2n) is 6.73. The summed E-state index contributed by atoms with van der Waals surface area (Å²) in [6.07, 6.45) is 1.36. The lowest BCUT2D eigenvalue weighted by atomic mass is 10.1. The van der Waals surface area contributed by atoms with Gasteiger partial charge in [-0.25, -0.2) is 13.4 Å². The van der Waals surface area contributed by atoms with Crippen molar-refractivity contribution in [3.8, 4) is 0 Å². The van der Waals surface area contributed by atoms with E-state index in [2.05, 4.69) is 9.97 Å². The van der Waals surface area contributed by atoms with Gasteiger partial charge in [-0.15, -0.1) is 0 Å². The van der Waals surface area contributed by atoms with Crippen LogP contribution in [0.1, 0.15) is 16.1 Å². The summed E-state index contributed by atoms with van der Waals surface area (Å²) in [6, 6.07) is 10.9. The number of benzene rings is 1. The molecule has 0 radical (unpaired) electrons. The van der Waals surface area contributed by atoms with Crippen molar-refractivity contribution >= 4 is 38.5 Å². The van der Waals surface area contributed by atoms with Crippen LogP contribution in [0.15, 0.2) is 52.5 Å². The Labute approximate surface area is 173 Å². The second kappa shape index (κ2) is 8.27. The summed E-state index contributed by atoms with van der Waals surface area (Å²) in [6.45, 7) is 3.38. The van der Waals surface area contributed by atoms with Crippen LogP contribution in [0.4, 0.5) is 0 Å². The van der Waals surface area contributed by atoms with Crippen molar-refractivity contribution in [3.05, 3.63) is 53.9 Å². The van der Waals surface area contributed by atoms with E-state index in [9.17, 15) is 13.2 Å². The van der Waals surface area contributed by atoms with Gasteiger partial charge in [-0.2, -0.15) is 4.31 Å². The number of ketones is 1. The molecular weight excluding hydrogens is 410 g/mol. The predicted molar refractivity (Wildman–Crippen MR) is 112 cm³/mol. The third kappa shape index (κ3) is 4.09. The molecule has 0 amide bonds. The predicted octanol–water partition coefficient (Wildman–Crippen LogP) is 2.87. The standard InChI is InChI=1S/C20H21N3O4S2/c1-14-20(16-4-2-3-5-17(16)22-14)18(24)13-28-19-7-6-15(12-21-19)29(25,26)23-8-10-27-11-9-23/h2-7,12,22H,8-11,13H2,1H3. The summed E-state index contributed by atoms with van der Waals surface area (Å²) in [5.74, 6) is 0.238. The smallest absolute Gasteiger partial charge is 0.244 e. The Morgan fingerprint density at radius 3 is 2.69 bits per heavy atom. The highest BCUT2D eigenvalue weighted by Crippen LogP contribution is 2.26. The second-order valence-corrected chi connectivity index (χ2v) is 9.66. The summed E-state index contributed by atoms with van der Waals surface area (Å²) in [5, 5.41) is 1.52. The van der Waals surface area contributed by atoms with E-state index >= 15 is 0 Å². The summed E-state index contributed by atoms with van der Waals surface area (Å²) >= 11 is 1.30. The zero-order chi connectivity index (χ0) is 20.4. The van der Waals surface area contributed by atoms with E-state index in [1.165, 1.54) is 22.3 Å². The number of Topliss-reactive ketones (excluding diaryl/α,β-unsaturated/α-hetero) is 1. The Morgan fingerprint density at radius 1 is 1.21 bits per heavy atom. The van der Waals surface area contributed by atoms with Gasteiger partial charge in [-0.1, -0.05) is 30.0 Å². The molecule has 3 heterocycles. The molecule has 0 aliphatic carbocycles. The first-order valence-corrected chi connectivity index (χ1v) is 11.7. The minimum atomic E-state index is -3.56. The fourth-order valence-electron chi connectivity index (χ4n) is 3.39. The highest BCUT2D eigenvalue weighted by atomic mass is 32.2. The number of aryl methyl sites for hydroxylation is 1. The van der Waals surface area contributed by atoms with Crippen LogP contribution >= 0.6 is 11.8 Å². The first kappa shape index (κ1) is 20.1. The van der Waals surface area contributed by atoms with E-state index in [0.29, 0.717) is 36.9 Å². The maximum Gasteiger partial charge on any atom is 0.244 e. The number of aromatic amines is 1. The Bertz CT molecular complexity index is 1130. The van der Waals surface area contributed by atoms with Gasteiger partial charge < -0.3 is 9.72 Å². The molecule has 0 spiro atoms. The minimum absolute atomic E-state index is 0.0109. The quantitative estimate of drug-likeness (QED) is 0.477. The number of morpholine rings is 1. The number of H-pyrrole nitrogens is 1. The highest BCUT2D eigenvalue weighted by Gasteiger charge is 2.26. The molecule has 0 unspecified atom stereocenters. The van der Waals surface area contributed by atoms with Crippen LogP contribution in [-0.4, -0.2) is 60.5 Å². The van der Waals surface area contributed by atoms with Crippen molar-refractivity contribution in [1.82, 2.24) is 14.3 Å². The summed E-state index contributed by atoms with van der Waals surface area (Å²) in [4.78, 5) is 20.4. The zero-order valence-electron chi connectivity index (χ0n) is 15.9. The number of para-hydroxylation sites is 1. The van der Waals surface area contributed by atoms with E-state index in [-0.39, 0.29) is 16.4 Å². The SMILES string of the molecule is Cc1[nH]c2ccccc2c1C(=O)CSc1ccc(S(=O)(=O)N2CCOCC2)cn1. The third-order valence-electron chi connectivity index (χ3n) is 4.84. The normalized spacial score (nSPS) is 15.6. The van der Waals surface area contributed by atoms with Gasteiger partial charge in [0.25, 0.3) is 0 Å². The number of carbonyl (C=O) groups excluding carboxylic acids is 1. The van der Waals surface area contributed by atoms with Crippen LogP contribution in [0.2, 0.25) is 0 Å². The van der Waals surface area contributed by atoms with Gasteiger partial charge in [0.15, 0.2) is 5.78 Å². The van der Waals surface area contributed by atoms with Gasteiger partial charge >= 0.3 is 0 Å². The molecule has 152 valence electrons. The molecule has 4 rings (SSSR count). The molecule has 29 heavy (non-hydrogen) atoms. The number of hydrogen-bond acceptors (Lipinski definition) is 6. The molecule has 7 nitrogen and oxygen atoms in total. The molecular formula is C20H21N3O4S2. The number of carbonyl (C=O) groups is 1. The van der Waals surface area contributed by atoms with E-state index in [0.717, 1.165) is 16.6 Å². The Hall–Kier alpha value is -2.20. The highest BCUT2D eigenvalue weighted by molar-refractivity contribution is 7.99. The first-order chi connectivity index (χ1) is 14.0. The number of rotatable bonds is 6. The molecule has 0 bridgehead atoms. The Balaban J connectivity index is 1.45. The van der Waals surface area contributed by atoms with Gasteiger partial charge in [-0.05, 0) is 25.1 Å². The molecule has 1 fully saturated rings.